The first kappa shape index (κ1) is 22.5. The van der Waals surface area contributed by atoms with E-state index in [0.29, 0.717) is 18.1 Å². The summed E-state index contributed by atoms with van der Waals surface area (Å²) in [5.74, 6) is 0.961. The summed E-state index contributed by atoms with van der Waals surface area (Å²) in [6.07, 6.45) is 3.67. The first-order valence-electron chi connectivity index (χ1n) is 11.4. The molecular formula is C26H26FN5OS. The minimum Gasteiger partial charge on any atom is -0.341 e. The summed E-state index contributed by atoms with van der Waals surface area (Å²) in [7, 11) is 0. The summed E-state index contributed by atoms with van der Waals surface area (Å²) in [6, 6.07) is 12.5. The maximum absolute atomic E-state index is 13.5. The Morgan fingerprint density at radius 1 is 1.18 bits per heavy atom. The van der Waals surface area contributed by atoms with Crippen LogP contribution < -0.4 is 0 Å². The van der Waals surface area contributed by atoms with Crippen LogP contribution in [0.3, 0.4) is 0 Å². The fraction of sp³-hybridized carbons (Fsp3) is 0.308. The molecule has 1 aliphatic heterocycles. The minimum atomic E-state index is -0.273. The van der Waals surface area contributed by atoms with Crippen molar-refractivity contribution in [3.8, 4) is 11.1 Å². The number of nitrogens with zero attached hydrogens (tertiary/aromatic N) is 4. The number of carbonyl (C=O) groups is 1. The third kappa shape index (κ3) is 4.82. The third-order valence-corrected chi connectivity index (χ3v) is 7.06. The largest absolute Gasteiger partial charge is 0.341 e. The molecule has 174 valence electrons. The molecule has 1 N–H and O–H groups in total. The van der Waals surface area contributed by atoms with E-state index in [1.165, 1.54) is 29.5 Å². The number of aryl methyl sites for hydroxylation is 2. The summed E-state index contributed by atoms with van der Waals surface area (Å²) < 4.78 is 13.5. The maximum Gasteiger partial charge on any atom is 0.233 e. The molecule has 8 heteroatoms. The van der Waals surface area contributed by atoms with Gasteiger partial charge >= 0.3 is 0 Å². The van der Waals surface area contributed by atoms with Crippen LogP contribution in [-0.2, 0) is 4.79 Å². The van der Waals surface area contributed by atoms with Crippen LogP contribution in [0.15, 0.2) is 53.8 Å². The Balaban J connectivity index is 1.30. The highest BCUT2D eigenvalue weighted by Gasteiger charge is 2.28. The SMILES string of the molecule is Cc1ccc2nc(SCC(=O)N3CCC[C@H](c4nc(C)ncc4-c4ccc(F)cc4)C3)[nH]c2c1. The molecule has 6 nitrogen and oxygen atoms in total. The Labute approximate surface area is 202 Å². The van der Waals surface area contributed by atoms with E-state index in [-0.39, 0.29) is 17.6 Å². The quantitative estimate of drug-likeness (QED) is 0.398. The van der Waals surface area contributed by atoms with Crippen molar-refractivity contribution < 1.29 is 9.18 Å². The molecule has 5 rings (SSSR count). The molecule has 34 heavy (non-hydrogen) atoms. The average Bonchev–Trinajstić information content (AvgIpc) is 3.25. The first-order valence-corrected chi connectivity index (χ1v) is 12.4. The summed E-state index contributed by atoms with van der Waals surface area (Å²) in [6.45, 7) is 5.27. The number of thioether (sulfide) groups is 1. The van der Waals surface area contributed by atoms with Gasteiger partial charge in [0.25, 0.3) is 0 Å². The Kier molecular flexibility index (Phi) is 6.32. The number of hydrogen-bond acceptors (Lipinski definition) is 5. The second kappa shape index (κ2) is 9.54. The molecule has 0 aliphatic carbocycles. The van der Waals surface area contributed by atoms with E-state index in [1.54, 1.807) is 12.1 Å². The van der Waals surface area contributed by atoms with Crippen molar-refractivity contribution >= 4 is 28.7 Å². The minimum absolute atomic E-state index is 0.0976. The van der Waals surface area contributed by atoms with Crippen molar-refractivity contribution in [1.29, 1.82) is 0 Å². The van der Waals surface area contributed by atoms with Crippen LogP contribution in [0, 0.1) is 19.7 Å². The molecule has 0 saturated carbocycles. The number of rotatable bonds is 5. The lowest BCUT2D eigenvalue weighted by atomic mass is 9.90. The summed E-state index contributed by atoms with van der Waals surface area (Å²) in [5, 5.41) is 0.757. The number of H-pyrrole nitrogens is 1. The number of imidazole rings is 1. The highest BCUT2D eigenvalue weighted by atomic mass is 32.2. The maximum atomic E-state index is 13.5. The van der Waals surface area contributed by atoms with Gasteiger partial charge in [-0.2, -0.15) is 0 Å². The first-order chi connectivity index (χ1) is 16.5. The van der Waals surface area contributed by atoms with Gasteiger partial charge in [-0.3, -0.25) is 4.79 Å². The lowest BCUT2D eigenvalue weighted by Crippen LogP contribution is -2.40. The van der Waals surface area contributed by atoms with Gasteiger partial charge in [0.1, 0.15) is 11.6 Å². The number of benzene rings is 2. The number of fused-ring (bicyclic) bond motifs is 1. The summed E-state index contributed by atoms with van der Waals surface area (Å²) in [5.41, 5.74) is 5.78. The number of hydrogen-bond donors (Lipinski definition) is 1. The van der Waals surface area contributed by atoms with Crippen LogP contribution in [0.25, 0.3) is 22.2 Å². The van der Waals surface area contributed by atoms with Crippen molar-refractivity contribution in [1.82, 2.24) is 24.8 Å². The molecule has 1 aliphatic rings. The molecule has 4 aromatic rings. The monoisotopic (exact) mass is 475 g/mol. The second-order valence-electron chi connectivity index (χ2n) is 8.75. The molecule has 0 radical (unpaired) electrons. The zero-order valence-electron chi connectivity index (χ0n) is 19.2. The molecule has 0 spiro atoms. The van der Waals surface area contributed by atoms with Crippen molar-refractivity contribution in [3.63, 3.8) is 0 Å². The number of carbonyl (C=O) groups excluding carboxylic acids is 1. The number of halogens is 1. The number of likely N-dealkylation sites (tertiary alicyclic amines) is 1. The van der Waals surface area contributed by atoms with E-state index in [4.69, 9.17) is 4.98 Å². The lowest BCUT2D eigenvalue weighted by Gasteiger charge is -2.33. The van der Waals surface area contributed by atoms with Crippen molar-refractivity contribution in [2.45, 2.75) is 37.8 Å². The predicted molar refractivity (Wildman–Crippen MR) is 132 cm³/mol. The Hall–Kier alpha value is -3.26. The molecular weight excluding hydrogens is 449 g/mol. The fourth-order valence-corrected chi connectivity index (χ4v) is 5.26. The van der Waals surface area contributed by atoms with Gasteiger partial charge in [-0.15, -0.1) is 0 Å². The standard InChI is InChI=1S/C26H26FN5OS/c1-16-5-10-22-23(12-16)31-26(30-22)34-15-24(33)32-11-3-4-19(14-32)25-21(13-28-17(2)29-25)18-6-8-20(27)9-7-18/h5-10,12-13,19H,3-4,11,14-15H2,1-2H3,(H,30,31)/t19-/m0/s1. The lowest BCUT2D eigenvalue weighted by molar-refractivity contribution is -0.129. The van der Waals surface area contributed by atoms with Crippen LogP contribution in [-0.4, -0.2) is 49.6 Å². The van der Waals surface area contributed by atoms with E-state index in [0.717, 1.165) is 52.4 Å². The van der Waals surface area contributed by atoms with Crippen LogP contribution in [0.4, 0.5) is 4.39 Å². The predicted octanol–water partition coefficient (Wildman–Crippen LogP) is 5.27. The van der Waals surface area contributed by atoms with E-state index in [9.17, 15) is 9.18 Å². The normalized spacial score (nSPS) is 16.2. The van der Waals surface area contributed by atoms with Crippen LogP contribution in [0.1, 0.15) is 35.8 Å². The van der Waals surface area contributed by atoms with Gasteiger partial charge in [-0.25, -0.2) is 19.3 Å². The molecule has 2 aromatic carbocycles. The van der Waals surface area contributed by atoms with E-state index in [1.807, 2.05) is 37.1 Å². The molecule has 0 bridgehead atoms. The smallest absolute Gasteiger partial charge is 0.233 e. The topological polar surface area (TPSA) is 74.8 Å². The molecule has 0 unspecified atom stereocenters. The summed E-state index contributed by atoms with van der Waals surface area (Å²) in [4.78, 5) is 32.0. The zero-order valence-corrected chi connectivity index (χ0v) is 20.0. The molecule has 1 amide bonds. The van der Waals surface area contributed by atoms with Gasteiger partial charge in [0.15, 0.2) is 5.16 Å². The third-order valence-electron chi connectivity index (χ3n) is 6.20. The fourth-order valence-electron chi connectivity index (χ4n) is 4.47. The molecule has 1 fully saturated rings. The van der Waals surface area contributed by atoms with Gasteiger partial charge in [0.2, 0.25) is 5.91 Å². The van der Waals surface area contributed by atoms with Crippen molar-refractivity contribution in [2.75, 3.05) is 18.8 Å². The highest BCUT2D eigenvalue weighted by Crippen LogP contribution is 2.33. The molecule has 1 atom stereocenters. The molecule has 2 aromatic heterocycles. The second-order valence-corrected chi connectivity index (χ2v) is 9.72. The van der Waals surface area contributed by atoms with Gasteiger partial charge in [0.05, 0.1) is 22.5 Å². The number of aromatic amines is 1. The Morgan fingerprint density at radius 3 is 2.82 bits per heavy atom. The average molecular weight is 476 g/mol. The van der Waals surface area contributed by atoms with Gasteiger partial charge in [0, 0.05) is 30.8 Å². The van der Waals surface area contributed by atoms with Crippen LogP contribution in [0.2, 0.25) is 0 Å². The number of nitrogens with one attached hydrogen (secondary N) is 1. The molecule has 1 saturated heterocycles. The summed E-state index contributed by atoms with van der Waals surface area (Å²) >= 11 is 1.44. The molecule has 3 heterocycles. The van der Waals surface area contributed by atoms with E-state index in [2.05, 4.69) is 21.0 Å². The Morgan fingerprint density at radius 2 is 2.00 bits per heavy atom. The van der Waals surface area contributed by atoms with Gasteiger partial charge < -0.3 is 9.88 Å². The van der Waals surface area contributed by atoms with Crippen molar-refractivity contribution in [2.24, 2.45) is 0 Å². The number of aromatic nitrogens is 4. The van der Waals surface area contributed by atoms with Crippen molar-refractivity contribution in [3.05, 3.63) is 71.6 Å². The van der Waals surface area contributed by atoms with E-state index >= 15 is 0 Å². The highest BCUT2D eigenvalue weighted by molar-refractivity contribution is 7.99. The number of piperidine rings is 1. The van der Waals surface area contributed by atoms with Gasteiger partial charge in [-0.05, 0) is 62.1 Å². The van der Waals surface area contributed by atoms with Gasteiger partial charge in [-0.1, -0.05) is 30.0 Å². The van der Waals surface area contributed by atoms with Crippen LogP contribution >= 0.6 is 11.8 Å². The zero-order chi connectivity index (χ0) is 23.7. The number of amides is 1. The Bertz CT molecular complexity index is 1340. The van der Waals surface area contributed by atoms with Crippen LogP contribution in [0.5, 0.6) is 0 Å². The van der Waals surface area contributed by atoms with E-state index < -0.39 is 0 Å².